The Bertz CT molecular complexity index is 1150. The maximum atomic E-state index is 13.5. The Labute approximate surface area is 162 Å². The lowest BCUT2D eigenvalue weighted by Gasteiger charge is -2.16. The van der Waals surface area contributed by atoms with Crippen molar-refractivity contribution in [2.24, 2.45) is 0 Å². The number of carbonyl (C=O) groups is 1. The third-order valence-electron chi connectivity index (χ3n) is 3.64. The summed E-state index contributed by atoms with van der Waals surface area (Å²) in [7, 11) is -5.79. The van der Waals surface area contributed by atoms with Crippen LogP contribution in [0.1, 0.15) is 16.7 Å². The number of hydrogen-bond acceptors (Lipinski definition) is 5. The number of ether oxygens (including phenoxy) is 1. The van der Waals surface area contributed by atoms with Crippen LogP contribution in [0.15, 0.2) is 41.3 Å². The van der Waals surface area contributed by atoms with E-state index in [0.717, 1.165) is 24.3 Å². The third-order valence-corrected chi connectivity index (χ3v) is 5.18. The van der Waals surface area contributed by atoms with Crippen LogP contribution in [0, 0.1) is 24.1 Å². The number of hydrogen-bond donors (Lipinski definition) is 1. The minimum absolute atomic E-state index is 0.0834. The molecular weight excluding hydrogens is 418 g/mol. The first kappa shape index (κ1) is 21.9. The Balaban J connectivity index is 2.66. The van der Waals surface area contributed by atoms with E-state index in [1.165, 1.54) is 6.92 Å². The minimum atomic E-state index is -5.79. The largest absolute Gasteiger partial charge is 0.501 e. The van der Waals surface area contributed by atoms with Gasteiger partial charge in [-0.05, 0) is 37.3 Å². The SMILES string of the molecule is Cc1c(Oc2cc(F)cc(C#N)c2)ccc(S(=O)(=O)C(F)(F)F)c1/C=C/C(=O)O. The molecule has 0 saturated carbocycles. The number of nitrogens with zero attached hydrogens (tertiary/aromatic N) is 1. The molecule has 0 fully saturated rings. The molecule has 0 radical (unpaired) electrons. The monoisotopic (exact) mass is 429 g/mol. The van der Waals surface area contributed by atoms with E-state index >= 15 is 0 Å². The molecule has 2 aromatic rings. The van der Waals surface area contributed by atoms with Crippen molar-refractivity contribution in [1.29, 1.82) is 5.26 Å². The number of rotatable bonds is 5. The number of sulfone groups is 1. The average molecular weight is 429 g/mol. The van der Waals surface area contributed by atoms with Crippen molar-refractivity contribution >= 4 is 21.9 Å². The summed E-state index contributed by atoms with van der Waals surface area (Å²) in [6.07, 6.45) is 1.16. The third kappa shape index (κ3) is 4.72. The number of aliphatic carboxylic acids is 1. The average Bonchev–Trinajstić information content (AvgIpc) is 2.60. The molecule has 11 heteroatoms. The molecule has 0 atom stereocenters. The van der Waals surface area contributed by atoms with Crippen molar-refractivity contribution < 1.29 is 40.6 Å². The van der Waals surface area contributed by atoms with Gasteiger partial charge in [0.15, 0.2) is 0 Å². The molecule has 0 amide bonds. The molecule has 0 spiro atoms. The lowest BCUT2D eigenvalue weighted by molar-refractivity contribution is -0.131. The van der Waals surface area contributed by atoms with E-state index in [9.17, 15) is 30.8 Å². The Morgan fingerprint density at radius 2 is 1.90 bits per heavy atom. The second-order valence-corrected chi connectivity index (χ2v) is 7.52. The number of carboxylic acid groups (broad SMARTS) is 1. The maximum Gasteiger partial charge on any atom is 0.501 e. The molecular formula is C18H11F4NO5S. The molecule has 2 aromatic carbocycles. The van der Waals surface area contributed by atoms with Crippen LogP contribution in [0.2, 0.25) is 0 Å². The van der Waals surface area contributed by atoms with Crippen LogP contribution in [0.5, 0.6) is 11.5 Å². The highest BCUT2D eigenvalue weighted by Crippen LogP contribution is 2.38. The summed E-state index contributed by atoms with van der Waals surface area (Å²) in [6, 6.07) is 6.23. The molecule has 0 bridgehead atoms. The second-order valence-electron chi connectivity index (χ2n) is 5.61. The van der Waals surface area contributed by atoms with Crippen LogP contribution < -0.4 is 4.74 Å². The van der Waals surface area contributed by atoms with E-state index < -0.39 is 37.6 Å². The molecule has 0 aromatic heterocycles. The van der Waals surface area contributed by atoms with Crippen molar-refractivity contribution in [3.8, 4) is 17.6 Å². The van der Waals surface area contributed by atoms with Gasteiger partial charge in [-0.2, -0.15) is 18.4 Å². The molecule has 0 saturated heterocycles. The molecule has 152 valence electrons. The molecule has 1 N–H and O–H groups in total. The van der Waals surface area contributed by atoms with Gasteiger partial charge in [-0.1, -0.05) is 0 Å². The van der Waals surface area contributed by atoms with E-state index in [-0.39, 0.29) is 22.6 Å². The summed E-state index contributed by atoms with van der Waals surface area (Å²) in [5.74, 6) is -2.65. The molecule has 0 unspecified atom stereocenters. The van der Waals surface area contributed by atoms with E-state index in [0.29, 0.717) is 18.2 Å². The van der Waals surface area contributed by atoms with Gasteiger partial charge in [0.05, 0.1) is 16.5 Å². The lowest BCUT2D eigenvalue weighted by atomic mass is 10.1. The van der Waals surface area contributed by atoms with Gasteiger partial charge in [0.1, 0.15) is 17.3 Å². The standard InChI is InChI=1S/C18H11F4NO5S/c1-10-14(2-5-17(24)25)16(29(26,27)18(20,21)22)4-3-15(10)28-13-7-11(9-23)6-12(19)8-13/h2-8H,1H3,(H,24,25)/b5-2+. The van der Waals surface area contributed by atoms with Gasteiger partial charge in [-0.25, -0.2) is 17.6 Å². The van der Waals surface area contributed by atoms with Gasteiger partial charge in [-0.15, -0.1) is 0 Å². The maximum absolute atomic E-state index is 13.5. The molecule has 2 rings (SSSR count). The summed E-state index contributed by atoms with van der Waals surface area (Å²) in [5, 5.41) is 17.6. The molecule has 0 aliphatic heterocycles. The van der Waals surface area contributed by atoms with Crippen molar-refractivity contribution in [3.05, 3.63) is 58.9 Å². The summed E-state index contributed by atoms with van der Waals surface area (Å²) >= 11 is 0. The quantitative estimate of drug-likeness (QED) is 0.565. The summed E-state index contributed by atoms with van der Waals surface area (Å²) in [5.41, 5.74) is -6.40. The zero-order chi connectivity index (χ0) is 22.0. The van der Waals surface area contributed by atoms with Crippen LogP contribution in [0.3, 0.4) is 0 Å². The molecule has 29 heavy (non-hydrogen) atoms. The van der Waals surface area contributed by atoms with E-state index in [2.05, 4.69) is 0 Å². The topological polar surface area (TPSA) is 104 Å². The Morgan fingerprint density at radius 1 is 1.24 bits per heavy atom. The van der Waals surface area contributed by atoms with E-state index in [4.69, 9.17) is 15.1 Å². The number of carboxylic acids is 1. The fraction of sp³-hybridized carbons (Fsp3) is 0.111. The number of nitriles is 1. The van der Waals surface area contributed by atoms with Crippen molar-refractivity contribution in [2.75, 3.05) is 0 Å². The van der Waals surface area contributed by atoms with Crippen LogP contribution in [-0.4, -0.2) is 25.0 Å². The molecule has 0 aliphatic carbocycles. The summed E-state index contributed by atoms with van der Waals surface area (Å²) < 4.78 is 81.5. The number of benzene rings is 2. The van der Waals surface area contributed by atoms with E-state index in [1.807, 2.05) is 0 Å². The zero-order valence-electron chi connectivity index (χ0n) is 14.5. The normalized spacial score (nSPS) is 12.0. The van der Waals surface area contributed by atoms with Crippen LogP contribution in [0.25, 0.3) is 6.08 Å². The van der Waals surface area contributed by atoms with Crippen molar-refractivity contribution in [3.63, 3.8) is 0 Å². The van der Waals surface area contributed by atoms with Gasteiger partial charge < -0.3 is 9.84 Å². The summed E-state index contributed by atoms with van der Waals surface area (Å²) in [6.45, 7) is 1.21. The van der Waals surface area contributed by atoms with Crippen LogP contribution >= 0.6 is 0 Å². The second kappa shape index (κ2) is 7.92. The Kier molecular flexibility index (Phi) is 5.98. The first-order valence-electron chi connectivity index (χ1n) is 7.61. The Hall–Kier alpha value is -3.39. The van der Waals surface area contributed by atoms with Crippen LogP contribution in [0.4, 0.5) is 17.6 Å². The predicted molar refractivity (Wildman–Crippen MR) is 92.3 cm³/mol. The predicted octanol–water partition coefficient (Wildman–Crippen LogP) is 4.19. The van der Waals surface area contributed by atoms with Gasteiger partial charge in [0.25, 0.3) is 9.84 Å². The summed E-state index contributed by atoms with van der Waals surface area (Å²) in [4.78, 5) is 9.60. The fourth-order valence-electron chi connectivity index (χ4n) is 2.33. The highest BCUT2D eigenvalue weighted by molar-refractivity contribution is 7.92. The van der Waals surface area contributed by atoms with Crippen LogP contribution in [-0.2, 0) is 14.6 Å². The zero-order valence-corrected chi connectivity index (χ0v) is 15.3. The number of alkyl halides is 3. The smallest absolute Gasteiger partial charge is 0.478 e. The molecule has 6 nitrogen and oxygen atoms in total. The molecule has 0 heterocycles. The van der Waals surface area contributed by atoms with Crippen molar-refractivity contribution in [2.45, 2.75) is 17.3 Å². The minimum Gasteiger partial charge on any atom is -0.478 e. The first-order chi connectivity index (χ1) is 13.4. The van der Waals surface area contributed by atoms with Gasteiger partial charge in [0.2, 0.25) is 0 Å². The fourth-order valence-corrected chi connectivity index (χ4v) is 3.34. The van der Waals surface area contributed by atoms with Gasteiger partial charge >= 0.3 is 11.5 Å². The highest BCUT2D eigenvalue weighted by atomic mass is 32.2. The van der Waals surface area contributed by atoms with Gasteiger partial charge in [0, 0.05) is 23.3 Å². The highest BCUT2D eigenvalue weighted by Gasteiger charge is 2.48. The Morgan fingerprint density at radius 3 is 2.45 bits per heavy atom. The molecule has 0 aliphatic rings. The van der Waals surface area contributed by atoms with Gasteiger partial charge in [-0.3, -0.25) is 0 Å². The van der Waals surface area contributed by atoms with E-state index in [1.54, 1.807) is 6.07 Å². The lowest BCUT2D eigenvalue weighted by Crippen LogP contribution is -2.24. The first-order valence-corrected chi connectivity index (χ1v) is 9.09. The number of halogens is 4. The van der Waals surface area contributed by atoms with Crippen molar-refractivity contribution in [1.82, 2.24) is 0 Å².